The Bertz CT molecular complexity index is 676. The van der Waals surface area contributed by atoms with Gasteiger partial charge in [-0.25, -0.2) is 19.2 Å². The van der Waals surface area contributed by atoms with Gasteiger partial charge in [0, 0.05) is 20.7 Å². The lowest BCUT2D eigenvalue weighted by Crippen LogP contribution is -2.41. The van der Waals surface area contributed by atoms with Crippen LogP contribution in [0.2, 0.25) is 0 Å². The first-order valence-electron chi connectivity index (χ1n) is 12.9. The number of alkyl carbamates (subject to hydrolysis) is 2. The molecule has 216 valence electrons. The molecule has 12 nitrogen and oxygen atoms in total. The van der Waals surface area contributed by atoms with Crippen LogP contribution >= 0.6 is 0 Å². The van der Waals surface area contributed by atoms with Gasteiger partial charge in [0.05, 0.1) is 25.2 Å². The number of hydrogen-bond acceptors (Lipinski definition) is 10. The van der Waals surface area contributed by atoms with Crippen molar-refractivity contribution in [2.24, 2.45) is 5.41 Å². The van der Waals surface area contributed by atoms with Crippen LogP contribution < -0.4 is 10.6 Å². The van der Waals surface area contributed by atoms with Gasteiger partial charge < -0.3 is 39.1 Å². The zero-order valence-electron chi connectivity index (χ0n) is 23.2. The van der Waals surface area contributed by atoms with Gasteiger partial charge in [0.25, 0.3) is 0 Å². The van der Waals surface area contributed by atoms with Gasteiger partial charge in [-0.3, -0.25) is 0 Å². The summed E-state index contributed by atoms with van der Waals surface area (Å²) in [5, 5.41) is 4.88. The molecule has 0 aromatic rings. The summed E-state index contributed by atoms with van der Waals surface area (Å²) in [6.07, 6.45) is 1.96. The van der Waals surface area contributed by atoms with Gasteiger partial charge in [-0.2, -0.15) is 0 Å². The van der Waals surface area contributed by atoms with E-state index in [0.29, 0.717) is 19.6 Å². The van der Waals surface area contributed by atoms with E-state index in [2.05, 4.69) is 17.6 Å². The minimum absolute atomic E-state index is 0.103. The molecular weight excluding hydrogens is 488 g/mol. The molecule has 0 bridgehead atoms. The van der Waals surface area contributed by atoms with Crippen LogP contribution in [-0.4, -0.2) is 90.1 Å². The predicted molar refractivity (Wildman–Crippen MR) is 135 cm³/mol. The van der Waals surface area contributed by atoms with Crippen LogP contribution in [0.4, 0.5) is 9.59 Å². The van der Waals surface area contributed by atoms with E-state index < -0.39 is 41.7 Å². The highest BCUT2D eigenvalue weighted by atomic mass is 16.6. The van der Waals surface area contributed by atoms with Crippen molar-refractivity contribution in [3.8, 4) is 0 Å². The van der Waals surface area contributed by atoms with E-state index in [9.17, 15) is 19.2 Å². The summed E-state index contributed by atoms with van der Waals surface area (Å²) < 4.78 is 31.4. The molecule has 0 fully saturated rings. The maximum atomic E-state index is 12.5. The second-order valence-corrected chi connectivity index (χ2v) is 8.80. The third-order valence-electron chi connectivity index (χ3n) is 5.62. The number of nitrogens with one attached hydrogen (secondary N) is 2. The van der Waals surface area contributed by atoms with Crippen molar-refractivity contribution < 1.29 is 47.6 Å². The monoisotopic (exact) mass is 534 g/mol. The molecule has 2 N–H and O–H groups in total. The van der Waals surface area contributed by atoms with Crippen LogP contribution in [0.25, 0.3) is 0 Å². The van der Waals surface area contributed by atoms with Crippen molar-refractivity contribution >= 4 is 24.1 Å². The summed E-state index contributed by atoms with van der Waals surface area (Å²) in [6, 6.07) is 0. The fourth-order valence-electron chi connectivity index (χ4n) is 2.98. The van der Waals surface area contributed by atoms with Crippen LogP contribution in [0, 0.1) is 5.41 Å². The molecule has 0 saturated heterocycles. The molecule has 3 atom stereocenters. The van der Waals surface area contributed by atoms with Gasteiger partial charge in [0.1, 0.15) is 13.2 Å². The Balaban J connectivity index is 4.88. The Morgan fingerprint density at radius 3 is 1.86 bits per heavy atom. The first kappa shape index (κ1) is 34.4. The zero-order valence-corrected chi connectivity index (χ0v) is 23.2. The lowest BCUT2D eigenvalue weighted by Gasteiger charge is -2.32. The Kier molecular flexibility index (Phi) is 19.0. The van der Waals surface area contributed by atoms with E-state index in [1.807, 2.05) is 6.92 Å². The number of esters is 2. The summed E-state index contributed by atoms with van der Waals surface area (Å²) in [5.41, 5.74) is -0.883. The average molecular weight is 535 g/mol. The van der Waals surface area contributed by atoms with Crippen LogP contribution in [0.15, 0.2) is 0 Å². The highest BCUT2D eigenvalue weighted by Crippen LogP contribution is 2.25. The molecule has 2 amide bonds. The Morgan fingerprint density at radius 1 is 0.784 bits per heavy atom. The maximum Gasteiger partial charge on any atom is 0.407 e. The SMILES string of the molecule is CCCCCCCNC(=O)OC(C)C(=O)OCC(CC)(COCCOC)COC(=O)C(C)OC(=O)NC. The lowest BCUT2D eigenvalue weighted by atomic mass is 9.88. The van der Waals surface area contributed by atoms with E-state index in [0.717, 1.165) is 32.1 Å². The summed E-state index contributed by atoms with van der Waals surface area (Å²) in [5.74, 6) is -1.50. The molecule has 0 aliphatic rings. The summed E-state index contributed by atoms with van der Waals surface area (Å²) >= 11 is 0. The molecule has 12 heteroatoms. The molecule has 0 radical (unpaired) electrons. The van der Waals surface area contributed by atoms with Crippen molar-refractivity contribution in [3.05, 3.63) is 0 Å². The quantitative estimate of drug-likeness (QED) is 0.136. The fraction of sp³-hybridized carbons (Fsp3) is 0.840. The summed E-state index contributed by atoms with van der Waals surface area (Å²) in [6.45, 7) is 7.67. The molecule has 0 aromatic carbocycles. The predicted octanol–water partition coefficient (Wildman–Crippen LogP) is 2.96. The number of methoxy groups -OCH3 is 1. The minimum Gasteiger partial charge on any atom is -0.462 e. The molecule has 0 aromatic heterocycles. The number of hydrogen-bond donors (Lipinski definition) is 2. The van der Waals surface area contributed by atoms with Crippen molar-refractivity contribution in [1.82, 2.24) is 10.6 Å². The number of amides is 2. The molecular formula is C25H46N2O10. The Labute approximate surface area is 220 Å². The standard InChI is InChI=1S/C25H46N2O10/c1-7-9-10-11-12-13-27-24(31)37-20(4)22(29)35-18-25(8-2,16-33-15-14-32-6)17-34-21(28)19(3)36-23(30)26-5/h19-20H,7-18H2,1-6H3,(H,26,30)(H,27,31). The number of carbonyl (C=O) groups is 4. The molecule has 0 rings (SSSR count). The van der Waals surface area contributed by atoms with E-state index in [1.54, 1.807) is 0 Å². The van der Waals surface area contributed by atoms with E-state index in [1.165, 1.54) is 28.0 Å². The number of rotatable bonds is 20. The van der Waals surface area contributed by atoms with Gasteiger partial charge in [0.15, 0.2) is 12.2 Å². The van der Waals surface area contributed by atoms with Crippen molar-refractivity contribution in [2.75, 3.05) is 53.7 Å². The molecule has 0 saturated carbocycles. The largest absolute Gasteiger partial charge is 0.462 e. The Morgan fingerprint density at radius 2 is 1.35 bits per heavy atom. The number of carbonyl (C=O) groups excluding carboxylic acids is 4. The molecule has 37 heavy (non-hydrogen) atoms. The van der Waals surface area contributed by atoms with E-state index >= 15 is 0 Å². The topological polar surface area (TPSA) is 148 Å². The molecule has 0 aliphatic heterocycles. The highest BCUT2D eigenvalue weighted by Gasteiger charge is 2.35. The first-order valence-corrected chi connectivity index (χ1v) is 12.9. The summed E-state index contributed by atoms with van der Waals surface area (Å²) in [4.78, 5) is 48.1. The normalized spacial score (nSPS) is 14.0. The van der Waals surface area contributed by atoms with Crippen LogP contribution in [0.5, 0.6) is 0 Å². The highest BCUT2D eigenvalue weighted by molar-refractivity contribution is 5.79. The molecule has 0 heterocycles. The van der Waals surface area contributed by atoms with Crippen molar-refractivity contribution in [2.45, 2.75) is 78.4 Å². The van der Waals surface area contributed by atoms with Crippen molar-refractivity contribution in [3.63, 3.8) is 0 Å². The fourth-order valence-corrected chi connectivity index (χ4v) is 2.98. The van der Waals surface area contributed by atoms with Crippen LogP contribution in [0.1, 0.15) is 66.2 Å². The van der Waals surface area contributed by atoms with E-state index in [4.69, 9.17) is 28.4 Å². The molecule has 3 unspecified atom stereocenters. The lowest BCUT2D eigenvalue weighted by molar-refractivity contribution is -0.167. The average Bonchev–Trinajstić information content (AvgIpc) is 2.89. The zero-order chi connectivity index (χ0) is 28.1. The Hall–Kier alpha value is -2.60. The second-order valence-electron chi connectivity index (χ2n) is 8.80. The molecule has 0 aliphatic carbocycles. The summed E-state index contributed by atoms with van der Waals surface area (Å²) in [7, 11) is 2.91. The van der Waals surface area contributed by atoms with Gasteiger partial charge in [-0.05, 0) is 26.7 Å². The third kappa shape index (κ3) is 16.0. The number of unbranched alkanes of at least 4 members (excludes halogenated alkanes) is 4. The van der Waals surface area contributed by atoms with E-state index in [-0.39, 0.29) is 26.4 Å². The van der Waals surface area contributed by atoms with Crippen molar-refractivity contribution in [1.29, 1.82) is 0 Å². The van der Waals surface area contributed by atoms with Crippen LogP contribution in [-0.2, 0) is 38.0 Å². The third-order valence-corrected chi connectivity index (χ3v) is 5.62. The smallest absolute Gasteiger partial charge is 0.407 e. The van der Waals surface area contributed by atoms with Crippen LogP contribution in [0.3, 0.4) is 0 Å². The van der Waals surface area contributed by atoms with Gasteiger partial charge in [-0.1, -0.05) is 39.5 Å². The molecule has 0 spiro atoms. The first-order chi connectivity index (χ1) is 17.6. The number of ether oxygens (including phenoxy) is 6. The minimum atomic E-state index is -1.13. The second kappa shape index (κ2) is 20.5. The van der Waals surface area contributed by atoms with Gasteiger partial charge in [-0.15, -0.1) is 0 Å². The van der Waals surface area contributed by atoms with Gasteiger partial charge in [0.2, 0.25) is 0 Å². The van der Waals surface area contributed by atoms with Gasteiger partial charge >= 0.3 is 24.1 Å². The maximum absolute atomic E-state index is 12.5.